The van der Waals surface area contributed by atoms with Gasteiger partial charge in [-0.25, -0.2) is 9.78 Å². The van der Waals surface area contributed by atoms with Crippen molar-refractivity contribution >= 4 is 34.8 Å². The van der Waals surface area contributed by atoms with E-state index in [-0.39, 0.29) is 23.2 Å². The van der Waals surface area contributed by atoms with Gasteiger partial charge < -0.3 is 20.3 Å². The Bertz CT molecular complexity index is 784. The molecule has 0 bridgehead atoms. The molecule has 1 atom stereocenters. The number of anilines is 1. The summed E-state index contributed by atoms with van der Waals surface area (Å²) in [6, 6.07) is 2.09. The van der Waals surface area contributed by atoms with Gasteiger partial charge in [0.15, 0.2) is 10.8 Å². The van der Waals surface area contributed by atoms with E-state index in [1.807, 2.05) is 18.7 Å². The number of carbonyl (C=O) groups excluding carboxylic acids is 3. The molecule has 2 amide bonds. The number of hydrogen-bond donors (Lipinski definition) is 2. The first kappa shape index (κ1) is 22.6. The number of esters is 1. The molecule has 2 N–H and O–H groups in total. The van der Waals surface area contributed by atoms with Crippen LogP contribution in [0.25, 0.3) is 0 Å². The minimum atomic E-state index is -0.855. The number of rotatable bonds is 12. The number of hydrogen-bond acceptors (Lipinski definition) is 8. The van der Waals surface area contributed by atoms with Gasteiger partial charge in [0.2, 0.25) is 6.41 Å². The van der Waals surface area contributed by atoms with Crippen LogP contribution in [-0.4, -0.2) is 54.5 Å². The highest BCUT2D eigenvalue weighted by Crippen LogP contribution is 2.35. The lowest BCUT2D eigenvalue weighted by molar-refractivity contribution is -0.110. The lowest BCUT2D eigenvalue weighted by atomic mass is 10.2. The first-order valence-electron chi connectivity index (χ1n) is 9.76. The zero-order valence-electron chi connectivity index (χ0n) is 17.0. The number of aromatic nitrogens is 1. The normalized spacial score (nSPS) is 15.0. The minimum absolute atomic E-state index is 0.00913. The zero-order valence-corrected chi connectivity index (χ0v) is 17.8. The first-order chi connectivity index (χ1) is 13.9. The average Bonchev–Trinajstić information content (AvgIpc) is 3.32. The van der Waals surface area contributed by atoms with Crippen molar-refractivity contribution < 1.29 is 19.1 Å². The number of carbonyl (C=O) groups is 3. The fourth-order valence-corrected chi connectivity index (χ4v) is 3.73. The van der Waals surface area contributed by atoms with E-state index in [2.05, 4.69) is 21.7 Å². The summed E-state index contributed by atoms with van der Waals surface area (Å²) < 4.78 is 5.09. The molecule has 1 fully saturated rings. The molecule has 0 aliphatic heterocycles. The van der Waals surface area contributed by atoms with E-state index >= 15 is 0 Å². The molecular weight excluding hydrogens is 394 g/mol. The van der Waals surface area contributed by atoms with Gasteiger partial charge in [0, 0.05) is 19.1 Å². The maximum atomic E-state index is 12.7. The lowest BCUT2D eigenvalue weighted by Crippen LogP contribution is -2.36. The van der Waals surface area contributed by atoms with Crippen molar-refractivity contribution in [2.45, 2.75) is 58.0 Å². The fraction of sp³-hybridized carbons (Fsp3) is 0.632. The highest BCUT2D eigenvalue weighted by molar-refractivity contribution is 7.17. The van der Waals surface area contributed by atoms with Crippen LogP contribution in [0.2, 0.25) is 0 Å². The Balaban J connectivity index is 2.27. The molecule has 1 aromatic heterocycles. The second kappa shape index (κ2) is 10.2. The van der Waals surface area contributed by atoms with Crippen LogP contribution < -0.4 is 15.5 Å². The summed E-state index contributed by atoms with van der Waals surface area (Å²) in [6.07, 6.45) is 3.38. The molecule has 29 heavy (non-hydrogen) atoms. The highest BCUT2D eigenvalue weighted by atomic mass is 32.1. The van der Waals surface area contributed by atoms with E-state index < -0.39 is 17.4 Å². The Morgan fingerprint density at radius 3 is 2.69 bits per heavy atom. The van der Waals surface area contributed by atoms with Gasteiger partial charge in [-0.15, -0.1) is 0 Å². The molecule has 1 aliphatic rings. The first-order valence-corrected chi connectivity index (χ1v) is 10.6. The number of nitrogens with one attached hydrogen (secondary N) is 2. The molecule has 2 rings (SSSR count). The van der Waals surface area contributed by atoms with Crippen molar-refractivity contribution in [2.75, 3.05) is 24.6 Å². The van der Waals surface area contributed by atoms with Gasteiger partial charge in [-0.1, -0.05) is 18.3 Å². The van der Waals surface area contributed by atoms with Crippen molar-refractivity contribution in [2.24, 2.45) is 0 Å². The second-order valence-electron chi connectivity index (χ2n) is 7.00. The maximum absolute atomic E-state index is 12.7. The Kier molecular flexibility index (Phi) is 7.96. The Labute approximate surface area is 174 Å². The van der Waals surface area contributed by atoms with Crippen molar-refractivity contribution in [1.29, 1.82) is 5.26 Å². The van der Waals surface area contributed by atoms with Crippen molar-refractivity contribution in [1.82, 2.24) is 15.6 Å². The molecule has 1 saturated carbocycles. The van der Waals surface area contributed by atoms with Gasteiger partial charge in [0.25, 0.3) is 5.91 Å². The molecule has 158 valence electrons. The molecule has 10 heteroatoms. The number of ether oxygens (including phenoxy) is 1. The molecule has 0 radical (unpaired) electrons. The standard InChI is InChI=1S/C19H27N5O4S/c1-4-9-24(10-6-13(3)21-12-25)18-22-14(15(29-18)17(27)28-5-2)16(26)23-19(11-20)7-8-19/h12-13H,4-10H2,1-3H3,(H,21,25)(H,23,26)/t13-/m1/s1. The van der Waals surface area contributed by atoms with Crippen molar-refractivity contribution in [3.05, 3.63) is 10.6 Å². The van der Waals surface area contributed by atoms with Crippen LogP contribution >= 0.6 is 11.3 Å². The van der Waals surface area contributed by atoms with Gasteiger partial charge >= 0.3 is 5.97 Å². The predicted molar refractivity (Wildman–Crippen MR) is 109 cm³/mol. The summed E-state index contributed by atoms with van der Waals surface area (Å²) in [7, 11) is 0. The second-order valence-corrected chi connectivity index (χ2v) is 7.98. The molecule has 9 nitrogen and oxygen atoms in total. The molecule has 1 heterocycles. The molecule has 0 spiro atoms. The quantitative estimate of drug-likeness (QED) is 0.390. The Morgan fingerprint density at radius 2 is 2.14 bits per heavy atom. The van der Waals surface area contributed by atoms with Crippen LogP contribution in [0.4, 0.5) is 5.13 Å². The number of amides is 2. The summed E-state index contributed by atoms with van der Waals surface area (Å²) in [5.74, 6) is -1.14. The third-order valence-corrected chi connectivity index (χ3v) is 5.65. The number of thiazole rings is 1. The lowest BCUT2D eigenvalue weighted by Gasteiger charge is -2.22. The van der Waals surface area contributed by atoms with Crippen molar-refractivity contribution in [3.63, 3.8) is 0 Å². The van der Waals surface area contributed by atoms with Crippen LogP contribution in [-0.2, 0) is 9.53 Å². The largest absolute Gasteiger partial charge is 0.462 e. The fourth-order valence-electron chi connectivity index (χ4n) is 2.72. The summed E-state index contributed by atoms with van der Waals surface area (Å²) in [6.45, 7) is 7.10. The highest BCUT2D eigenvalue weighted by Gasteiger charge is 2.45. The van der Waals surface area contributed by atoms with Gasteiger partial charge in [-0.3, -0.25) is 9.59 Å². The molecule has 1 aromatic rings. The zero-order chi connectivity index (χ0) is 21.4. The molecule has 0 unspecified atom stereocenters. The summed E-state index contributed by atoms with van der Waals surface area (Å²) in [4.78, 5) is 42.3. The summed E-state index contributed by atoms with van der Waals surface area (Å²) >= 11 is 1.11. The SMILES string of the molecule is CCCN(CC[C@@H](C)NC=O)c1nc(C(=O)NC2(C#N)CC2)c(C(=O)OCC)s1. The number of nitrogens with zero attached hydrogens (tertiary/aromatic N) is 3. The molecule has 1 aliphatic carbocycles. The Hall–Kier alpha value is -2.67. The van der Waals surface area contributed by atoms with Gasteiger partial charge in [-0.05, 0) is 39.5 Å². The average molecular weight is 422 g/mol. The van der Waals surface area contributed by atoms with E-state index in [1.165, 1.54) is 0 Å². The third kappa shape index (κ3) is 5.90. The van der Waals surface area contributed by atoms with Crippen LogP contribution in [0.1, 0.15) is 66.6 Å². The topological polar surface area (TPSA) is 124 Å². The summed E-state index contributed by atoms with van der Waals surface area (Å²) in [5.41, 5.74) is -0.864. The molecule has 0 aromatic carbocycles. The smallest absolute Gasteiger partial charge is 0.350 e. The molecular formula is C19H27N5O4S. The van der Waals surface area contributed by atoms with E-state index in [1.54, 1.807) is 6.92 Å². The van der Waals surface area contributed by atoms with E-state index in [0.29, 0.717) is 43.9 Å². The van der Waals surface area contributed by atoms with E-state index in [9.17, 15) is 19.6 Å². The minimum Gasteiger partial charge on any atom is -0.462 e. The van der Waals surface area contributed by atoms with Crippen molar-refractivity contribution in [3.8, 4) is 6.07 Å². The third-order valence-electron chi connectivity index (χ3n) is 4.56. The van der Waals surface area contributed by atoms with E-state index in [4.69, 9.17) is 4.74 Å². The predicted octanol–water partition coefficient (Wildman–Crippen LogP) is 1.85. The maximum Gasteiger partial charge on any atom is 0.350 e. The van der Waals surface area contributed by atoms with Crippen LogP contribution in [0.5, 0.6) is 0 Å². The van der Waals surface area contributed by atoms with Crippen LogP contribution in [0.3, 0.4) is 0 Å². The van der Waals surface area contributed by atoms with E-state index in [0.717, 1.165) is 17.8 Å². The van der Waals surface area contributed by atoms with Gasteiger partial charge in [0.1, 0.15) is 10.4 Å². The summed E-state index contributed by atoms with van der Waals surface area (Å²) in [5, 5.41) is 15.2. The molecule has 0 saturated heterocycles. The van der Waals surface area contributed by atoms with Gasteiger partial charge in [0.05, 0.1) is 12.7 Å². The number of nitriles is 1. The monoisotopic (exact) mass is 421 g/mol. The van der Waals surface area contributed by atoms with Gasteiger partial charge in [-0.2, -0.15) is 5.26 Å². The Morgan fingerprint density at radius 1 is 1.41 bits per heavy atom. The van der Waals surface area contributed by atoms with Crippen LogP contribution in [0.15, 0.2) is 0 Å². The van der Waals surface area contributed by atoms with Crippen LogP contribution in [0, 0.1) is 11.3 Å².